The summed E-state index contributed by atoms with van der Waals surface area (Å²) in [5.41, 5.74) is 0.591. The average molecular weight is 590 g/mol. The van der Waals surface area contributed by atoms with Crippen molar-refractivity contribution in [3.8, 4) is 17.6 Å². The highest BCUT2D eigenvalue weighted by atomic mass is 79.9. The van der Waals surface area contributed by atoms with Gasteiger partial charge in [0.05, 0.1) is 29.5 Å². The van der Waals surface area contributed by atoms with E-state index in [0.29, 0.717) is 17.1 Å². The van der Waals surface area contributed by atoms with Gasteiger partial charge in [-0.25, -0.2) is 0 Å². The highest BCUT2D eigenvalue weighted by molar-refractivity contribution is 9.15. The molecule has 7 heteroatoms. The van der Waals surface area contributed by atoms with Gasteiger partial charge in [0, 0.05) is 4.47 Å². The summed E-state index contributed by atoms with van der Waals surface area (Å²) in [4.78, 5) is 0. The molecule has 2 aromatic rings. The Labute approximate surface area is 158 Å². The van der Waals surface area contributed by atoms with E-state index in [1.807, 2.05) is 0 Å². The second-order valence-electron chi connectivity index (χ2n) is 3.64. The van der Waals surface area contributed by atoms with Crippen LogP contribution < -0.4 is 4.74 Å². The van der Waals surface area contributed by atoms with Crippen LogP contribution in [0.4, 0.5) is 0 Å². The summed E-state index contributed by atoms with van der Waals surface area (Å²) < 4.78 is 10.0. The molecule has 0 aliphatic heterocycles. The van der Waals surface area contributed by atoms with E-state index in [-0.39, 0.29) is 0 Å². The van der Waals surface area contributed by atoms with E-state index in [0.717, 1.165) is 22.4 Å². The number of benzene rings is 2. The molecular weight excluding hydrogens is 586 g/mol. The van der Waals surface area contributed by atoms with Gasteiger partial charge in [-0.1, -0.05) is 0 Å². The molecule has 0 fully saturated rings. The molecule has 0 saturated carbocycles. The summed E-state index contributed by atoms with van der Waals surface area (Å²) in [5.74, 6) is 1.28. The maximum Gasteiger partial charge on any atom is 0.158 e. The van der Waals surface area contributed by atoms with Crippen LogP contribution in [0, 0.1) is 11.3 Å². The third kappa shape index (κ3) is 3.30. The molecule has 20 heavy (non-hydrogen) atoms. The fourth-order valence-corrected chi connectivity index (χ4v) is 4.56. The Hall–Kier alpha value is 0.130. The fraction of sp³-hybridized carbons (Fsp3) is 0. The van der Waals surface area contributed by atoms with E-state index in [1.54, 1.807) is 24.3 Å². The highest BCUT2D eigenvalue weighted by Crippen LogP contribution is 2.49. The van der Waals surface area contributed by atoms with E-state index in [9.17, 15) is 0 Å². The molecule has 2 aromatic carbocycles. The molecule has 0 aromatic heterocycles. The molecule has 0 radical (unpaired) electrons. The van der Waals surface area contributed by atoms with Crippen molar-refractivity contribution in [3.63, 3.8) is 0 Å². The van der Waals surface area contributed by atoms with Crippen LogP contribution in [-0.4, -0.2) is 0 Å². The molecule has 0 saturated heterocycles. The van der Waals surface area contributed by atoms with E-state index in [4.69, 9.17) is 10.00 Å². The van der Waals surface area contributed by atoms with Crippen molar-refractivity contribution in [2.45, 2.75) is 0 Å². The third-order valence-electron chi connectivity index (χ3n) is 2.37. The van der Waals surface area contributed by atoms with Crippen LogP contribution in [0.5, 0.6) is 11.5 Å². The molecule has 0 heterocycles. The lowest BCUT2D eigenvalue weighted by Crippen LogP contribution is -1.90. The number of halogens is 5. The summed E-state index contributed by atoms with van der Waals surface area (Å²) in [6.07, 6.45) is 0. The van der Waals surface area contributed by atoms with Gasteiger partial charge in [0.2, 0.25) is 0 Å². The first kappa shape index (κ1) is 16.5. The zero-order valence-electron chi connectivity index (χ0n) is 9.55. The quantitative estimate of drug-likeness (QED) is 0.275. The van der Waals surface area contributed by atoms with E-state index < -0.39 is 0 Å². The molecule has 2 nitrogen and oxygen atoms in total. The topological polar surface area (TPSA) is 33.0 Å². The van der Waals surface area contributed by atoms with Crippen molar-refractivity contribution < 1.29 is 4.74 Å². The average Bonchev–Trinajstić information content (AvgIpc) is 2.48. The molecule has 0 aliphatic carbocycles. The van der Waals surface area contributed by atoms with Crippen LogP contribution in [0.15, 0.2) is 46.6 Å². The Bertz CT molecular complexity index is 677. The first-order chi connectivity index (χ1) is 9.45. The zero-order valence-corrected chi connectivity index (χ0v) is 17.5. The largest absolute Gasteiger partial charge is 0.455 e. The van der Waals surface area contributed by atoms with Crippen molar-refractivity contribution in [2.24, 2.45) is 0 Å². The predicted molar refractivity (Wildman–Crippen MR) is 96.2 cm³/mol. The van der Waals surface area contributed by atoms with Gasteiger partial charge in [0.15, 0.2) is 5.75 Å². The molecule has 102 valence electrons. The Morgan fingerprint density at radius 1 is 0.750 bits per heavy atom. The Morgan fingerprint density at radius 2 is 1.20 bits per heavy atom. The number of nitrogens with zero attached hydrogens (tertiary/aromatic N) is 1. The van der Waals surface area contributed by atoms with Crippen LogP contribution in [-0.2, 0) is 0 Å². The van der Waals surface area contributed by atoms with Crippen LogP contribution in [0.25, 0.3) is 0 Å². The SMILES string of the molecule is N#Cc1ccc(Oc2c(Br)c(Br)c(Br)c(Br)c2Br)cc1. The molecule has 0 aliphatic rings. The molecule has 0 spiro atoms. The molecular formula is C13H4Br5NO. The van der Waals surface area contributed by atoms with Crippen LogP contribution in [0.1, 0.15) is 5.56 Å². The number of hydrogen-bond acceptors (Lipinski definition) is 2. The monoisotopic (exact) mass is 585 g/mol. The van der Waals surface area contributed by atoms with Crippen molar-refractivity contribution in [2.75, 3.05) is 0 Å². The Morgan fingerprint density at radius 3 is 1.65 bits per heavy atom. The zero-order chi connectivity index (χ0) is 14.9. The third-order valence-corrected chi connectivity index (χ3v) is 8.39. The summed E-state index contributed by atoms with van der Waals surface area (Å²) in [6.45, 7) is 0. The lowest BCUT2D eigenvalue weighted by Gasteiger charge is -2.14. The summed E-state index contributed by atoms with van der Waals surface area (Å²) in [7, 11) is 0. The fourth-order valence-electron chi connectivity index (χ4n) is 1.39. The molecule has 0 bridgehead atoms. The highest BCUT2D eigenvalue weighted by Gasteiger charge is 2.19. The van der Waals surface area contributed by atoms with E-state index in [1.165, 1.54) is 0 Å². The van der Waals surface area contributed by atoms with E-state index in [2.05, 4.69) is 85.7 Å². The predicted octanol–water partition coefficient (Wildman–Crippen LogP) is 7.16. The minimum atomic E-state index is 0.591. The van der Waals surface area contributed by atoms with Crippen LogP contribution in [0.3, 0.4) is 0 Å². The van der Waals surface area contributed by atoms with Crippen molar-refractivity contribution in [3.05, 3.63) is 52.2 Å². The lowest BCUT2D eigenvalue weighted by molar-refractivity contribution is 0.475. The molecule has 0 atom stereocenters. The maximum absolute atomic E-state index is 8.79. The van der Waals surface area contributed by atoms with Gasteiger partial charge in [0.1, 0.15) is 5.75 Å². The van der Waals surface area contributed by atoms with Crippen molar-refractivity contribution >= 4 is 79.6 Å². The smallest absolute Gasteiger partial charge is 0.158 e. The molecule has 2 rings (SSSR count). The van der Waals surface area contributed by atoms with E-state index >= 15 is 0 Å². The number of nitriles is 1. The van der Waals surface area contributed by atoms with Crippen LogP contribution >= 0.6 is 79.6 Å². The minimum Gasteiger partial charge on any atom is -0.455 e. The molecule has 0 N–H and O–H groups in total. The maximum atomic E-state index is 8.79. The van der Waals surface area contributed by atoms with Crippen LogP contribution in [0.2, 0.25) is 0 Å². The summed E-state index contributed by atoms with van der Waals surface area (Å²) in [6, 6.07) is 8.99. The first-order valence-electron chi connectivity index (χ1n) is 5.15. The van der Waals surface area contributed by atoms with Gasteiger partial charge in [-0.2, -0.15) is 5.26 Å². The summed E-state index contributed by atoms with van der Waals surface area (Å²) in [5, 5.41) is 8.79. The first-order valence-corrected chi connectivity index (χ1v) is 9.11. The number of rotatable bonds is 2. The number of hydrogen-bond donors (Lipinski definition) is 0. The van der Waals surface area contributed by atoms with Gasteiger partial charge in [0.25, 0.3) is 0 Å². The molecule has 0 amide bonds. The van der Waals surface area contributed by atoms with Gasteiger partial charge < -0.3 is 4.74 Å². The second-order valence-corrected chi connectivity index (χ2v) is 7.60. The Balaban J connectivity index is 2.46. The number of ether oxygens (including phenoxy) is 1. The normalized spacial score (nSPS) is 10.2. The summed E-state index contributed by atoms with van der Waals surface area (Å²) >= 11 is 17.4. The van der Waals surface area contributed by atoms with Gasteiger partial charge >= 0.3 is 0 Å². The Kier molecular flexibility index (Phi) is 5.71. The standard InChI is InChI=1S/C13H4Br5NO/c14-8-9(15)11(17)13(12(18)10(8)16)20-7-3-1-6(5-19)2-4-7/h1-4H. The minimum absolute atomic E-state index is 0.591. The second kappa shape index (κ2) is 6.93. The van der Waals surface area contributed by atoms with Gasteiger partial charge in [-0.05, 0) is 104 Å². The van der Waals surface area contributed by atoms with Gasteiger partial charge in [-0.15, -0.1) is 0 Å². The van der Waals surface area contributed by atoms with Gasteiger partial charge in [-0.3, -0.25) is 0 Å². The van der Waals surface area contributed by atoms with Crippen molar-refractivity contribution in [1.29, 1.82) is 5.26 Å². The lowest BCUT2D eigenvalue weighted by atomic mass is 10.2. The van der Waals surface area contributed by atoms with Crippen molar-refractivity contribution in [1.82, 2.24) is 0 Å². The molecule has 0 unspecified atom stereocenters.